The van der Waals surface area contributed by atoms with Gasteiger partial charge in [0.05, 0.1) is 0 Å². The highest BCUT2D eigenvalue weighted by molar-refractivity contribution is 4.74. The molecule has 0 radical (unpaired) electrons. The monoisotopic (exact) mass is 197 g/mol. The fourth-order valence-electron chi connectivity index (χ4n) is 2.65. The van der Waals surface area contributed by atoms with Gasteiger partial charge in [-0.2, -0.15) is 0 Å². The van der Waals surface area contributed by atoms with Gasteiger partial charge < -0.3 is 5.32 Å². The predicted molar refractivity (Wildman–Crippen MR) is 63.5 cm³/mol. The van der Waals surface area contributed by atoms with Gasteiger partial charge in [-0.05, 0) is 31.2 Å². The average molecular weight is 197 g/mol. The zero-order chi connectivity index (χ0) is 10.4. The van der Waals surface area contributed by atoms with Crippen LogP contribution in [0.4, 0.5) is 0 Å². The van der Waals surface area contributed by atoms with Crippen LogP contribution in [0.1, 0.15) is 59.3 Å². The summed E-state index contributed by atoms with van der Waals surface area (Å²) in [7, 11) is 0. The van der Waals surface area contributed by atoms with Crippen molar-refractivity contribution in [3.8, 4) is 0 Å². The second-order valence-corrected chi connectivity index (χ2v) is 5.14. The van der Waals surface area contributed by atoms with E-state index in [2.05, 4.69) is 26.1 Å². The zero-order valence-electron chi connectivity index (χ0n) is 10.2. The molecule has 1 fully saturated rings. The van der Waals surface area contributed by atoms with Crippen LogP contribution in [-0.2, 0) is 0 Å². The summed E-state index contributed by atoms with van der Waals surface area (Å²) in [6, 6.07) is 0.751. The summed E-state index contributed by atoms with van der Waals surface area (Å²) in [4.78, 5) is 0. The lowest BCUT2D eigenvalue weighted by molar-refractivity contribution is 0.344. The van der Waals surface area contributed by atoms with Gasteiger partial charge in [0.1, 0.15) is 0 Å². The number of hydrogen-bond donors (Lipinski definition) is 1. The highest BCUT2D eigenvalue weighted by Gasteiger charge is 2.18. The van der Waals surface area contributed by atoms with Crippen molar-refractivity contribution in [1.29, 1.82) is 0 Å². The molecule has 0 bridgehead atoms. The molecule has 0 saturated heterocycles. The molecule has 0 spiro atoms. The van der Waals surface area contributed by atoms with Crippen LogP contribution in [0.3, 0.4) is 0 Å². The molecular formula is C13H27N. The van der Waals surface area contributed by atoms with Crippen LogP contribution in [0.15, 0.2) is 0 Å². The Morgan fingerprint density at radius 1 is 1.21 bits per heavy atom. The molecule has 1 heteroatoms. The summed E-state index contributed by atoms with van der Waals surface area (Å²) in [6.45, 7) is 8.00. The van der Waals surface area contributed by atoms with Crippen molar-refractivity contribution < 1.29 is 0 Å². The van der Waals surface area contributed by atoms with E-state index in [0.29, 0.717) is 0 Å². The van der Waals surface area contributed by atoms with E-state index in [0.717, 1.165) is 24.4 Å². The normalized spacial score (nSPS) is 20.6. The van der Waals surface area contributed by atoms with Gasteiger partial charge in [-0.1, -0.05) is 46.5 Å². The summed E-state index contributed by atoms with van der Waals surface area (Å²) < 4.78 is 0. The molecule has 1 atom stereocenters. The fraction of sp³-hybridized carbons (Fsp3) is 1.00. The maximum absolute atomic E-state index is 3.61. The van der Waals surface area contributed by atoms with Crippen molar-refractivity contribution >= 4 is 0 Å². The highest BCUT2D eigenvalue weighted by Crippen LogP contribution is 2.29. The van der Waals surface area contributed by atoms with Gasteiger partial charge in [-0.25, -0.2) is 0 Å². The van der Waals surface area contributed by atoms with E-state index >= 15 is 0 Å². The topological polar surface area (TPSA) is 12.0 Å². The van der Waals surface area contributed by atoms with Gasteiger partial charge in [0.25, 0.3) is 0 Å². The Bertz CT molecular complexity index is 136. The van der Waals surface area contributed by atoms with E-state index in [1.54, 1.807) is 0 Å². The SMILES string of the molecule is CCNC(CCC1CCCC1)C(C)C. The van der Waals surface area contributed by atoms with E-state index in [1.165, 1.54) is 38.5 Å². The van der Waals surface area contributed by atoms with Crippen molar-refractivity contribution in [3.05, 3.63) is 0 Å². The average Bonchev–Trinajstić information content (AvgIpc) is 2.64. The minimum Gasteiger partial charge on any atom is -0.314 e. The molecule has 1 aliphatic carbocycles. The summed E-state index contributed by atoms with van der Waals surface area (Å²) in [5.74, 6) is 1.84. The Labute approximate surface area is 89.7 Å². The quantitative estimate of drug-likeness (QED) is 0.686. The third kappa shape index (κ3) is 4.00. The molecule has 0 heterocycles. The molecule has 1 nitrogen and oxygen atoms in total. The molecule has 1 saturated carbocycles. The molecule has 1 rings (SSSR count). The maximum Gasteiger partial charge on any atom is 0.00900 e. The van der Waals surface area contributed by atoms with Gasteiger partial charge in [0, 0.05) is 6.04 Å². The summed E-state index contributed by atoms with van der Waals surface area (Å²) in [5.41, 5.74) is 0. The smallest absolute Gasteiger partial charge is 0.00900 e. The molecule has 14 heavy (non-hydrogen) atoms. The standard InChI is InChI=1S/C13H27N/c1-4-14-13(11(2)3)10-9-12-7-5-6-8-12/h11-14H,4-10H2,1-3H3. The van der Waals surface area contributed by atoms with E-state index in [-0.39, 0.29) is 0 Å². The van der Waals surface area contributed by atoms with E-state index in [9.17, 15) is 0 Å². The second kappa shape index (κ2) is 6.44. The molecule has 0 amide bonds. The van der Waals surface area contributed by atoms with E-state index in [4.69, 9.17) is 0 Å². The minimum absolute atomic E-state index is 0.751. The van der Waals surface area contributed by atoms with Crippen molar-refractivity contribution in [2.45, 2.75) is 65.3 Å². The Kier molecular flexibility index (Phi) is 5.54. The second-order valence-electron chi connectivity index (χ2n) is 5.14. The fourth-order valence-corrected chi connectivity index (χ4v) is 2.65. The molecule has 1 N–H and O–H groups in total. The first kappa shape index (κ1) is 12.0. The van der Waals surface area contributed by atoms with Crippen molar-refractivity contribution in [1.82, 2.24) is 5.32 Å². The third-order valence-electron chi connectivity index (χ3n) is 3.63. The van der Waals surface area contributed by atoms with Gasteiger partial charge in [-0.3, -0.25) is 0 Å². The molecule has 0 aliphatic heterocycles. The molecular weight excluding hydrogens is 170 g/mol. The van der Waals surface area contributed by atoms with Crippen LogP contribution >= 0.6 is 0 Å². The number of nitrogens with one attached hydrogen (secondary N) is 1. The van der Waals surface area contributed by atoms with Crippen LogP contribution in [0, 0.1) is 11.8 Å². The van der Waals surface area contributed by atoms with Gasteiger partial charge in [0.2, 0.25) is 0 Å². The number of rotatable bonds is 6. The van der Waals surface area contributed by atoms with Gasteiger partial charge in [-0.15, -0.1) is 0 Å². The molecule has 0 aromatic rings. The summed E-state index contributed by atoms with van der Waals surface area (Å²) >= 11 is 0. The molecule has 1 aliphatic rings. The van der Waals surface area contributed by atoms with Crippen molar-refractivity contribution in [2.24, 2.45) is 11.8 Å². The Hall–Kier alpha value is -0.0400. The highest BCUT2D eigenvalue weighted by atomic mass is 14.9. The molecule has 84 valence electrons. The summed E-state index contributed by atoms with van der Waals surface area (Å²) in [6.07, 6.45) is 8.80. The zero-order valence-corrected chi connectivity index (χ0v) is 10.2. The van der Waals surface area contributed by atoms with Crippen LogP contribution in [0.2, 0.25) is 0 Å². The van der Waals surface area contributed by atoms with E-state index in [1.807, 2.05) is 0 Å². The lowest BCUT2D eigenvalue weighted by Crippen LogP contribution is -2.33. The van der Waals surface area contributed by atoms with Gasteiger partial charge in [0.15, 0.2) is 0 Å². The largest absolute Gasteiger partial charge is 0.314 e. The van der Waals surface area contributed by atoms with Crippen LogP contribution in [0.5, 0.6) is 0 Å². The Morgan fingerprint density at radius 3 is 2.36 bits per heavy atom. The maximum atomic E-state index is 3.61. The molecule has 0 aromatic carbocycles. The Balaban J connectivity index is 2.17. The van der Waals surface area contributed by atoms with Gasteiger partial charge >= 0.3 is 0 Å². The lowest BCUT2D eigenvalue weighted by Gasteiger charge is -2.23. The summed E-state index contributed by atoms with van der Waals surface area (Å²) in [5, 5.41) is 3.61. The first-order valence-electron chi connectivity index (χ1n) is 6.47. The molecule has 1 unspecified atom stereocenters. The predicted octanol–water partition coefficient (Wildman–Crippen LogP) is 3.59. The van der Waals surface area contributed by atoms with E-state index < -0.39 is 0 Å². The number of hydrogen-bond acceptors (Lipinski definition) is 1. The van der Waals surface area contributed by atoms with Crippen molar-refractivity contribution in [2.75, 3.05) is 6.54 Å². The Morgan fingerprint density at radius 2 is 1.86 bits per heavy atom. The van der Waals surface area contributed by atoms with Crippen LogP contribution in [0.25, 0.3) is 0 Å². The third-order valence-corrected chi connectivity index (χ3v) is 3.63. The van der Waals surface area contributed by atoms with Crippen LogP contribution < -0.4 is 5.32 Å². The van der Waals surface area contributed by atoms with Crippen LogP contribution in [-0.4, -0.2) is 12.6 Å². The molecule has 0 aromatic heterocycles. The van der Waals surface area contributed by atoms with Crippen molar-refractivity contribution in [3.63, 3.8) is 0 Å². The first-order chi connectivity index (χ1) is 6.74. The minimum atomic E-state index is 0.751. The lowest BCUT2D eigenvalue weighted by atomic mass is 9.93. The first-order valence-corrected chi connectivity index (χ1v) is 6.47.